The molecule has 2 aliphatic rings. The van der Waals surface area contributed by atoms with Crippen LogP contribution in [-0.4, -0.2) is 56.7 Å². The van der Waals surface area contributed by atoms with Crippen molar-refractivity contribution in [1.82, 2.24) is 19.9 Å². The number of carbonyl (C=O) groups excluding carboxylic acids is 1. The fourth-order valence-corrected chi connectivity index (χ4v) is 5.01. The van der Waals surface area contributed by atoms with Gasteiger partial charge in [0.25, 0.3) is 0 Å². The van der Waals surface area contributed by atoms with E-state index in [4.69, 9.17) is 0 Å². The van der Waals surface area contributed by atoms with Gasteiger partial charge in [-0.3, -0.25) is 4.79 Å². The van der Waals surface area contributed by atoms with E-state index in [1.807, 2.05) is 0 Å². The van der Waals surface area contributed by atoms with E-state index >= 15 is 0 Å². The molecule has 0 spiro atoms. The zero-order valence-electron chi connectivity index (χ0n) is 11.0. The normalized spacial score (nSPS) is 29.0. The number of carbonyl (C=O) groups is 2. The number of carboxylic acids is 1. The second kappa shape index (κ2) is 4.38. The quantitative estimate of drug-likeness (QED) is 0.709. The van der Waals surface area contributed by atoms with Gasteiger partial charge < -0.3 is 10.0 Å². The lowest BCUT2D eigenvalue weighted by Crippen LogP contribution is -2.55. The van der Waals surface area contributed by atoms with E-state index in [-0.39, 0.29) is 17.9 Å². The number of aromatic nitrogens is 3. The van der Waals surface area contributed by atoms with Gasteiger partial charge in [0.2, 0.25) is 5.91 Å². The summed E-state index contributed by atoms with van der Waals surface area (Å²) in [7, 11) is -3.82. The summed E-state index contributed by atoms with van der Waals surface area (Å²) in [6.45, 7) is 1.63. The first-order chi connectivity index (χ1) is 9.84. The minimum Gasteiger partial charge on any atom is -0.479 e. The van der Waals surface area contributed by atoms with Gasteiger partial charge in [-0.1, -0.05) is 5.21 Å². The zero-order chi connectivity index (χ0) is 15.4. The largest absolute Gasteiger partial charge is 0.479 e. The highest BCUT2D eigenvalue weighted by Crippen LogP contribution is 2.43. The fraction of sp³-hybridized carbons (Fsp3) is 0.455. The fourth-order valence-electron chi connectivity index (χ4n) is 2.74. The molecule has 2 aliphatic heterocycles. The first-order valence-corrected chi connectivity index (χ1v) is 7.70. The molecule has 1 amide bonds. The first-order valence-electron chi connectivity index (χ1n) is 6.15. The van der Waals surface area contributed by atoms with Crippen LogP contribution in [0.2, 0.25) is 0 Å². The standard InChI is InChI=1S/C11H12N4O5S/c1-6(5-14-3-2-12-13-14)10-9(11(17)18)15-7(16)4-8(15)21(10,19)20/h2-3,8-9H,4-5H2,1H3,(H,17,18)/b10-6+/t8?,9-/m1/s1. The SMILES string of the molecule is C/C(Cn1ccnn1)=C1/[C@H](C(=O)O)N2C(=O)CC2S1(=O)=O. The Labute approximate surface area is 119 Å². The van der Waals surface area contributed by atoms with Crippen LogP contribution in [0.3, 0.4) is 0 Å². The van der Waals surface area contributed by atoms with Crippen molar-refractivity contribution in [2.24, 2.45) is 0 Å². The third-order valence-corrected chi connectivity index (χ3v) is 5.96. The number of amides is 1. The lowest BCUT2D eigenvalue weighted by Gasteiger charge is -2.34. The minimum atomic E-state index is -3.82. The summed E-state index contributed by atoms with van der Waals surface area (Å²) in [6.07, 6.45) is 2.82. The van der Waals surface area contributed by atoms with E-state index in [9.17, 15) is 23.1 Å². The number of rotatable bonds is 3. The maximum absolute atomic E-state index is 12.4. The number of β-lactam (4-membered cyclic amide) rings is 1. The molecule has 3 heterocycles. The summed E-state index contributed by atoms with van der Waals surface area (Å²) in [6, 6.07) is -1.44. The third-order valence-electron chi connectivity index (χ3n) is 3.66. The molecule has 0 radical (unpaired) electrons. The van der Waals surface area contributed by atoms with Gasteiger partial charge >= 0.3 is 5.97 Å². The van der Waals surface area contributed by atoms with Gasteiger partial charge in [-0.25, -0.2) is 17.9 Å². The summed E-state index contributed by atoms with van der Waals surface area (Å²) in [5, 5.41) is 15.6. The summed E-state index contributed by atoms with van der Waals surface area (Å²) < 4.78 is 26.2. The molecule has 2 fully saturated rings. The van der Waals surface area contributed by atoms with Crippen molar-refractivity contribution in [3.05, 3.63) is 22.9 Å². The van der Waals surface area contributed by atoms with Crippen LogP contribution in [-0.2, 0) is 26.0 Å². The first kappa shape index (κ1) is 13.7. The van der Waals surface area contributed by atoms with Crippen LogP contribution in [0.5, 0.6) is 0 Å². The number of sulfone groups is 1. The van der Waals surface area contributed by atoms with Crippen LogP contribution >= 0.6 is 0 Å². The second-order valence-electron chi connectivity index (χ2n) is 4.99. The van der Waals surface area contributed by atoms with E-state index in [0.717, 1.165) is 4.90 Å². The monoisotopic (exact) mass is 312 g/mol. The molecular weight excluding hydrogens is 300 g/mol. The summed E-state index contributed by atoms with van der Waals surface area (Å²) in [5.41, 5.74) is 0.343. The van der Waals surface area contributed by atoms with Crippen molar-refractivity contribution in [2.75, 3.05) is 0 Å². The molecule has 1 aromatic rings. The van der Waals surface area contributed by atoms with Crippen molar-refractivity contribution in [2.45, 2.75) is 31.3 Å². The van der Waals surface area contributed by atoms with Crippen LogP contribution in [0.4, 0.5) is 0 Å². The number of hydrogen-bond acceptors (Lipinski definition) is 6. The molecule has 0 saturated carbocycles. The number of allylic oxidation sites excluding steroid dienone is 1. The van der Waals surface area contributed by atoms with Crippen LogP contribution in [0.15, 0.2) is 22.9 Å². The summed E-state index contributed by atoms with van der Waals surface area (Å²) in [5.74, 6) is -1.80. The summed E-state index contributed by atoms with van der Waals surface area (Å²) in [4.78, 5) is 23.7. The van der Waals surface area contributed by atoms with Crippen molar-refractivity contribution in [3.63, 3.8) is 0 Å². The van der Waals surface area contributed by atoms with Crippen LogP contribution in [0.1, 0.15) is 13.3 Å². The zero-order valence-corrected chi connectivity index (χ0v) is 11.8. The molecule has 1 unspecified atom stereocenters. The van der Waals surface area contributed by atoms with Gasteiger partial charge in [-0.05, 0) is 12.5 Å². The van der Waals surface area contributed by atoms with Crippen molar-refractivity contribution >= 4 is 21.7 Å². The Morgan fingerprint density at radius 2 is 2.24 bits per heavy atom. The predicted octanol–water partition coefficient (Wildman–Crippen LogP) is -1.01. The number of nitrogens with zero attached hydrogens (tertiary/aromatic N) is 4. The Balaban J connectivity index is 2.09. The molecule has 2 saturated heterocycles. The van der Waals surface area contributed by atoms with Crippen molar-refractivity contribution in [3.8, 4) is 0 Å². The average Bonchev–Trinajstić information content (AvgIpc) is 2.92. The van der Waals surface area contributed by atoms with E-state index < -0.39 is 33.1 Å². The smallest absolute Gasteiger partial charge is 0.331 e. The Morgan fingerprint density at radius 3 is 2.76 bits per heavy atom. The molecule has 1 aromatic heterocycles. The van der Waals surface area contributed by atoms with E-state index in [0.29, 0.717) is 5.57 Å². The van der Waals surface area contributed by atoms with Crippen LogP contribution in [0.25, 0.3) is 0 Å². The topological polar surface area (TPSA) is 122 Å². The van der Waals surface area contributed by atoms with E-state index in [1.165, 1.54) is 17.8 Å². The maximum atomic E-state index is 12.4. The number of carboxylic acid groups (broad SMARTS) is 1. The molecule has 10 heteroatoms. The molecular formula is C11H12N4O5S. The Kier molecular flexibility index (Phi) is 2.87. The number of hydrogen-bond donors (Lipinski definition) is 1. The second-order valence-corrected chi connectivity index (χ2v) is 7.06. The van der Waals surface area contributed by atoms with Gasteiger partial charge in [-0.2, -0.15) is 0 Å². The van der Waals surface area contributed by atoms with Crippen LogP contribution < -0.4 is 0 Å². The molecule has 1 N–H and O–H groups in total. The molecule has 9 nitrogen and oxygen atoms in total. The van der Waals surface area contributed by atoms with Gasteiger partial charge in [0, 0.05) is 6.20 Å². The maximum Gasteiger partial charge on any atom is 0.331 e. The van der Waals surface area contributed by atoms with Crippen LogP contribution in [0, 0.1) is 0 Å². The Bertz CT molecular complexity index is 752. The molecule has 0 aromatic carbocycles. The van der Waals surface area contributed by atoms with Crippen molar-refractivity contribution in [1.29, 1.82) is 0 Å². The highest BCUT2D eigenvalue weighted by Gasteiger charge is 2.61. The Hall–Kier alpha value is -2.23. The van der Waals surface area contributed by atoms with E-state index in [1.54, 1.807) is 6.20 Å². The Morgan fingerprint density at radius 1 is 1.52 bits per heavy atom. The molecule has 3 rings (SSSR count). The molecule has 21 heavy (non-hydrogen) atoms. The lowest BCUT2D eigenvalue weighted by atomic mass is 10.1. The van der Waals surface area contributed by atoms with Gasteiger partial charge in [0.1, 0.15) is 5.37 Å². The highest BCUT2D eigenvalue weighted by atomic mass is 32.2. The molecule has 0 bridgehead atoms. The third kappa shape index (κ3) is 1.86. The van der Waals surface area contributed by atoms with Crippen molar-refractivity contribution < 1.29 is 23.1 Å². The summed E-state index contributed by atoms with van der Waals surface area (Å²) >= 11 is 0. The molecule has 0 aliphatic carbocycles. The van der Waals surface area contributed by atoms with E-state index in [2.05, 4.69) is 10.3 Å². The minimum absolute atomic E-state index is 0.104. The lowest BCUT2D eigenvalue weighted by molar-refractivity contribution is -0.154. The van der Waals surface area contributed by atoms with Gasteiger partial charge in [0.05, 0.1) is 24.1 Å². The molecule has 112 valence electrons. The predicted molar refractivity (Wildman–Crippen MR) is 68.3 cm³/mol. The number of fused-ring (bicyclic) bond motifs is 1. The average molecular weight is 312 g/mol. The van der Waals surface area contributed by atoms with Gasteiger partial charge in [0.15, 0.2) is 15.9 Å². The van der Waals surface area contributed by atoms with Gasteiger partial charge in [-0.15, -0.1) is 5.10 Å². The highest BCUT2D eigenvalue weighted by molar-refractivity contribution is 7.96. The number of aliphatic carboxylic acids is 1. The molecule has 2 atom stereocenters.